The number of benzene rings is 2. The number of hydrogen-bond donors (Lipinski definition) is 0. The summed E-state index contributed by atoms with van der Waals surface area (Å²) in [6, 6.07) is 9.42. The lowest BCUT2D eigenvalue weighted by Gasteiger charge is -2.08. The van der Waals surface area contributed by atoms with Crippen LogP contribution in [0.4, 0.5) is 5.69 Å². The fourth-order valence-electron chi connectivity index (χ4n) is 1.91. The number of fused-ring (bicyclic) bond motifs is 1. The average Bonchev–Trinajstić information content (AvgIpc) is 2.93. The summed E-state index contributed by atoms with van der Waals surface area (Å²) in [6.07, 6.45) is 0. The maximum absolute atomic E-state index is 10.8. The first-order valence-corrected chi connectivity index (χ1v) is 6.46. The summed E-state index contributed by atoms with van der Waals surface area (Å²) in [7, 11) is 0. The Morgan fingerprint density at radius 2 is 2.00 bits per heavy atom. The van der Waals surface area contributed by atoms with Gasteiger partial charge in [0.1, 0.15) is 12.4 Å². The maximum Gasteiger partial charge on any atom is 0.269 e. The van der Waals surface area contributed by atoms with Gasteiger partial charge >= 0.3 is 0 Å². The van der Waals surface area contributed by atoms with E-state index in [1.165, 1.54) is 18.2 Å². The van der Waals surface area contributed by atoms with E-state index in [-0.39, 0.29) is 19.1 Å². The van der Waals surface area contributed by atoms with Gasteiger partial charge in [-0.1, -0.05) is 11.6 Å². The molecule has 2 aromatic rings. The molecule has 1 aliphatic rings. The van der Waals surface area contributed by atoms with Gasteiger partial charge in [0.25, 0.3) is 5.69 Å². The second-order valence-corrected chi connectivity index (χ2v) is 4.74. The van der Waals surface area contributed by atoms with Gasteiger partial charge in [0.05, 0.1) is 4.92 Å². The summed E-state index contributed by atoms with van der Waals surface area (Å²) in [4.78, 5) is 10.3. The summed E-state index contributed by atoms with van der Waals surface area (Å²) < 4.78 is 16.0. The SMILES string of the molecule is O=[N+]([O-])c1ccc(Cl)c(COc2ccc3c(c2)OCO3)c1. The van der Waals surface area contributed by atoms with Crippen LogP contribution in [-0.4, -0.2) is 11.7 Å². The molecule has 0 saturated heterocycles. The highest BCUT2D eigenvalue weighted by molar-refractivity contribution is 6.31. The van der Waals surface area contributed by atoms with Crippen LogP contribution in [0.5, 0.6) is 17.2 Å². The van der Waals surface area contributed by atoms with Gasteiger partial charge in [-0.3, -0.25) is 10.1 Å². The summed E-state index contributed by atoms with van der Waals surface area (Å²) in [6.45, 7) is 0.315. The minimum Gasteiger partial charge on any atom is -0.489 e. The van der Waals surface area contributed by atoms with Gasteiger partial charge in [0.15, 0.2) is 11.5 Å². The Hall–Kier alpha value is -2.47. The van der Waals surface area contributed by atoms with Crippen molar-refractivity contribution >= 4 is 17.3 Å². The van der Waals surface area contributed by atoms with Gasteiger partial charge in [0.2, 0.25) is 6.79 Å². The fourth-order valence-corrected chi connectivity index (χ4v) is 2.09. The number of non-ortho nitro benzene ring substituents is 1. The first kappa shape index (κ1) is 13.5. The molecular formula is C14H10ClNO5. The van der Waals surface area contributed by atoms with Gasteiger partial charge < -0.3 is 14.2 Å². The number of rotatable bonds is 4. The van der Waals surface area contributed by atoms with E-state index in [9.17, 15) is 10.1 Å². The Morgan fingerprint density at radius 1 is 1.19 bits per heavy atom. The van der Waals surface area contributed by atoms with Crippen molar-refractivity contribution in [2.75, 3.05) is 6.79 Å². The van der Waals surface area contributed by atoms with Crippen LogP contribution in [0.2, 0.25) is 5.02 Å². The van der Waals surface area contributed by atoms with Gasteiger partial charge in [-0.2, -0.15) is 0 Å². The van der Waals surface area contributed by atoms with E-state index in [4.69, 9.17) is 25.8 Å². The van der Waals surface area contributed by atoms with E-state index < -0.39 is 4.92 Å². The molecule has 0 N–H and O–H groups in total. The second kappa shape index (κ2) is 5.49. The molecule has 108 valence electrons. The van der Waals surface area contributed by atoms with Gasteiger partial charge in [-0.25, -0.2) is 0 Å². The summed E-state index contributed by atoms with van der Waals surface area (Å²) in [5.41, 5.74) is 0.521. The third-order valence-corrected chi connectivity index (χ3v) is 3.35. The number of nitro groups is 1. The van der Waals surface area contributed by atoms with Gasteiger partial charge in [-0.15, -0.1) is 0 Å². The number of nitrogens with zero attached hydrogens (tertiary/aromatic N) is 1. The minimum atomic E-state index is -0.472. The molecular weight excluding hydrogens is 298 g/mol. The maximum atomic E-state index is 10.8. The van der Waals surface area contributed by atoms with Crippen LogP contribution < -0.4 is 14.2 Å². The van der Waals surface area contributed by atoms with Crippen LogP contribution in [0.15, 0.2) is 36.4 Å². The van der Waals surface area contributed by atoms with Crippen LogP contribution in [-0.2, 0) is 6.61 Å². The number of halogens is 1. The molecule has 21 heavy (non-hydrogen) atoms. The molecule has 0 atom stereocenters. The highest BCUT2D eigenvalue weighted by Gasteiger charge is 2.14. The first-order chi connectivity index (χ1) is 10.1. The average molecular weight is 308 g/mol. The van der Waals surface area contributed by atoms with Crippen molar-refractivity contribution in [3.63, 3.8) is 0 Å². The Labute approximate surface area is 125 Å². The third kappa shape index (κ3) is 2.85. The Balaban J connectivity index is 1.75. The predicted octanol–water partition coefficient (Wildman–Crippen LogP) is 3.56. The zero-order chi connectivity index (χ0) is 14.8. The normalized spacial score (nSPS) is 12.2. The Bertz CT molecular complexity index is 704. The van der Waals surface area contributed by atoms with E-state index in [0.717, 1.165) is 0 Å². The van der Waals surface area contributed by atoms with Crippen molar-refractivity contribution in [2.45, 2.75) is 6.61 Å². The van der Waals surface area contributed by atoms with Crippen LogP contribution in [0.25, 0.3) is 0 Å². The van der Waals surface area contributed by atoms with E-state index in [2.05, 4.69) is 0 Å². The Kier molecular flexibility index (Phi) is 3.53. The predicted molar refractivity (Wildman–Crippen MR) is 75.0 cm³/mol. The molecule has 6 nitrogen and oxygen atoms in total. The molecule has 0 saturated carbocycles. The minimum absolute atomic E-state index is 0.0244. The third-order valence-electron chi connectivity index (χ3n) is 2.98. The fraction of sp³-hybridized carbons (Fsp3) is 0.143. The molecule has 0 radical (unpaired) electrons. The molecule has 0 unspecified atom stereocenters. The zero-order valence-electron chi connectivity index (χ0n) is 10.7. The molecule has 1 aliphatic heterocycles. The molecule has 0 aromatic heterocycles. The number of nitro benzene ring substituents is 1. The summed E-state index contributed by atoms with van der Waals surface area (Å²) >= 11 is 6.01. The van der Waals surface area contributed by atoms with Crippen LogP contribution in [0.3, 0.4) is 0 Å². The van der Waals surface area contributed by atoms with E-state index in [1.807, 2.05) is 0 Å². The van der Waals surface area contributed by atoms with Crippen LogP contribution in [0, 0.1) is 10.1 Å². The highest BCUT2D eigenvalue weighted by atomic mass is 35.5. The highest BCUT2D eigenvalue weighted by Crippen LogP contribution is 2.35. The molecule has 0 aliphatic carbocycles. The lowest BCUT2D eigenvalue weighted by Crippen LogP contribution is -1.98. The second-order valence-electron chi connectivity index (χ2n) is 4.34. The number of ether oxygens (including phenoxy) is 3. The molecule has 1 heterocycles. The molecule has 3 rings (SSSR count). The smallest absolute Gasteiger partial charge is 0.269 e. The lowest BCUT2D eigenvalue weighted by atomic mass is 10.2. The monoisotopic (exact) mass is 307 g/mol. The van der Waals surface area contributed by atoms with Crippen LogP contribution in [0.1, 0.15) is 5.56 Å². The molecule has 2 aromatic carbocycles. The largest absolute Gasteiger partial charge is 0.489 e. The van der Waals surface area contributed by atoms with E-state index in [1.54, 1.807) is 18.2 Å². The van der Waals surface area contributed by atoms with E-state index >= 15 is 0 Å². The molecule has 0 fully saturated rings. The van der Waals surface area contributed by atoms with Gasteiger partial charge in [-0.05, 0) is 18.2 Å². The van der Waals surface area contributed by atoms with Crippen molar-refractivity contribution in [2.24, 2.45) is 0 Å². The first-order valence-electron chi connectivity index (χ1n) is 6.09. The topological polar surface area (TPSA) is 70.8 Å². The molecule has 0 spiro atoms. The lowest BCUT2D eigenvalue weighted by molar-refractivity contribution is -0.384. The zero-order valence-corrected chi connectivity index (χ0v) is 11.5. The number of hydrogen-bond acceptors (Lipinski definition) is 5. The van der Waals surface area contributed by atoms with Crippen LogP contribution >= 0.6 is 11.6 Å². The van der Waals surface area contributed by atoms with Crippen molar-refractivity contribution in [1.82, 2.24) is 0 Å². The van der Waals surface area contributed by atoms with Crippen molar-refractivity contribution in [3.05, 3.63) is 57.1 Å². The van der Waals surface area contributed by atoms with Crippen molar-refractivity contribution in [1.29, 1.82) is 0 Å². The standard InChI is InChI=1S/C14H10ClNO5/c15-12-3-1-10(16(17)18)5-9(12)7-19-11-2-4-13-14(6-11)21-8-20-13/h1-6H,7-8H2. The summed E-state index contributed by atoms with van der Waals surface area (Å²) in [5, 5.41) is 11.2. The Morgan fingerprint density at radius 3 is 2.81 bits per heavy atom. The molecule has 7 heteroatoms. The van der Waals surface area contributed by atoms with Crippen molar-refractivity contribution in [3.8, 4) is 17.2 Å². The summed E-state index contributed by atoms with van der Waals surface area (Å²) in [5.74, 6) is 1.84. The molecule has 0 amide bonds. The van der Waals surface area contributed by atoms with E-state index in [0.29, 0.717) is 27.8 Å². The van der Waals surface area contributed by atoms with Gasteiger partial charge in [0, 0.05) is 28.8 Å². The molecule has 0 bridgehead atoms. The van der Waals surface area contributed by atoms with Crippen molar-refractivity contribution < 1.29 is 19.1 Å². The quantitative estimate of drug-likeness (QED) is 0.638.